The van der Waals surface area contributed by atoms with Crippen molar-refractivity contribution in [3.63, 3.8) is 0 Å². The van der Waals surface area contributed by atoms with Crippen LogP contribution < -0.4 is 14.8 Å². The van der Waals surface area contributed by atoms with Gasteiger partial charge in [-0.15, -0.1) is 0 Å². The molecule has 0 saturated heterocycles. The first-order chi connectivity index (χ1) is 12.0. The first-order valence-corrected chi connectivity index (χ1v) is 7.98. The number of hydrogen-bond donors (Lipinski definition) is 1. The van der Waals surface area contributed by atoms with Gasteiger partial charge >= 0.3 is 0 Å². The summed E-state index contributed by atoms with van der Waals surface area (Å²) in [6.45, 7) is 3.97. The number of halogens is 2. The number of carbonyl (C=O) groups is 1. The van der Waals surface area contributed by atoms with Crippen LogP contribution in [0.2, 0.25) is 10.0 Å². The molecule has 0 heterocycles. The Labute approximate surface area is 155 Å². The number of nitriles is 1. The van der Waals surface area contributed by atoms with Gasteiger partial charge in [0, 0.05) is 11.1 Å². The Morgan fingerprint density at radius 2 is 2.04 bits per heavy atom. The lowest BCUT2D eigenvalue weighted by Gasteiger charge is -2.11. The zero-order valence-electron chi connectivity index (χ0n) is 13.1. The van der Waals surface area contributed by atoms with E-state index in [9.17, 15) is 4.79 Å². The highest BCUT2D eigenvalue weighted by atomic mass is 35.5. The van der Waals surface area contributed by atoms with Crippen molar-refractivity contribution in [1.82, 2.24) is 5.32 Å². The third-order valence-corrected chi connectivity index (χ3v) is 3.52. The first-order valence-electron chi connectivity index (χ1n) is 7.23. The number of benzene rings is 2. The lowest BCUT2D eigenvalue weighted by molar-refractivity contribution is -0.116. The molecular weight excluding hydrogens is 363 g/mol. The van der Waals surface area contributed by atoms with Gasteiger partial charge in [0.25, 0.3) is 0 Å². The summed E-state index contributed by atoms with van der Waals surface area (Å²) in [4.78, 5) is 11.0. The van der Waals surface area contributed by atoms with Crippen molar-refractivity contribution in [1.29, 1.82) is 5.26 Å². The second-order valence-corrected chi connectivity index (χ2v) is 5.67. The Bertz CT molecular complexity index is 832. The van der Waals surface area contributed by atoms with E-state index in [4.69, 9.17) is 37.9 Å². The molecule has 0 bridgehead atoms. The average Bonchev–Trinajstić information content (AvgIpc) is 2.60. The molecule has 0 spiro atoms. The molecule has 0 aliphatic heterocycles. The van der Waals surface area contributed by atoms with E-state index in [0.717, 1.165) is 0 Å². The van der Waals surface area contributed by atoms with Gasteiger partial charge in [-0.05, 0) is 36.4 Å². The minimum atomic E-state index is -0.266. The third kappa shape index (κ3) is 5.71. The summed E-state index contributed by atoms with van der Waals surface area (Å²) in [5.41, 5.74) is 0.379. The molecule has 7 heteroatoms. The summed E-state index contributed by atoms with van der Waals surface area (Å²) in [5, 5.41) is 12.4. The fraction of sp³-hybridized carbons (Fsp3) is 0.111. The molecule has 0 unspecified atom stereocenters. The molecule has 25 heavy (non-hydrogen) atoms. The maximum atomic E-state index is 11.0. The van der Waals surface area contributed by atoms with Gasteiger partial charge in [0.2, 0.25) is 5.91 Å². The van der Waals surface area contributed by atoms with Gasteiger partial charge in [0.15, 0.2) is 0 Å². The zero-order chi connectivity index (χ0) is 18.2. The van der Waals surface area contributed by atoms with E-state index in [0.29, 0.717) is 39.4 Å². The first kappa shape index (κ1) is 18.7. The van der Waals surface area contributed by atoms with E-state index in [1.807, 2.05) is 6.07 Å². The molecule has 0 aromatic heterocycles. The monoisotopic (exact) mass is 376 g/mol. The lowest BCUT2D eigenvalue weighted by Crippen LogP contribution is -2.26. The molecule has 5 nitrogen and oxygen atoms in total. The van der Waals surface area contributed by atoms with E-state index < -0.39 is 0 Å². The molecule has 0 fully saturated rings. The molecular formula is C18H14Cl2N2O3. The predicted octanol–water partition coefficient (Wildman–Crippen LogP) is 4.34. The number of rotatable bonds is 7. The molecule has 2 rings (SSSR count). The summed E-state index contributed by atoms with van der Waals surface area (Å²) in [5.74, 6) is 1.01. The number of nitrogens with one attached hydrogen (secondary N) is 1. The Morgan fingerprint density at radius 3 is 2.76 bits per heavy atom. The highest BCUT2D eigenvalue weighted by Gasteiger charge is 2.08. The van der Waals surface area contributed by atoms with Crippen LogP contribution in [0.15, 0.2) is 49.1 Å². The molecule has 0 aliphatic rings. The van der Waals surface area contributed by atoms with E-state index in [1.165, 1.54) is 12.1 Å². The topological polar surface area (TPSA) is 71.3 Å². The normalized spacial score (nSPS) is 9.80. The minimum Gasteiger partial charge on any atom is -0.492 e. The van der Waals surface area contributed by atoms with Crippen molar-refractivity contribution in [3.05, 3.63) is 64.7 Å². The average molecular weight is 377 g/mol. The van der Waals surface area contributed by atoms with Crippen molar-refractivity contribution in [2.75, 3.05) is 13.2 Å². The van der Waals surface area contributed by atoms with Crippen LogP contribution in [0.4, 0.5) is 0 Å². The Hall–Kier alpha value is -2.68. The molecule has 0 saturated carbocycles. The number of carbonyl (C=O) groups excluding carboxylic acids is 1. The number of hydrogen-bond acceptors (Lipinski definition) is 4. The fourth-order valence-corrected chi connectivity index (χ4v) is 2.26. The molecule has 2 aromatic carbocycles. The molecule has 1 amide bonds. The van der Waals surface area contributed by atoms with Crippen molar-refractivity contribution in [2.24, 2.45) is 0 Å². The van der Waals surface area contributed by atoms with Crippen molar-refractivity contribution >= 4 is 29.1 Å². The molecule has 0 aliphatic carbocycles. The Balaban J connectivity index is 2.06. The second-order valence-electron chi connectivity index (χ2n) is 4.83. The van der Waals surface area contributed by atoms with Gasteiger partial charge in [0.1, 0.15) is 23.9 Å². The highest BCUT2D eigenvalue weighted by Crippen LogP contribution is 2.34. The van der Waals surface area contributed by atoms with Crippen molar-refractivity contribution in [2.45, 2.75) is 0 Å². The largest absolute Gasteiger partial charge is 0.492 e. The van der Waals surface area contributed by atoms with Crippen molar-refractivity contribution in [3.8, 4) is 23.3 Å². The van der Waals surface area contributed by atoms with Crippen LogP contribution in [0, 0.1) is 11.3 Å². The van der Waals surface area contributed by atoms with E-state index in [2.05, 4.69) is 11.9 Å². The standard InChI is InChI=1S/C18H14Cl2N2O3/c1-2-18(23)22-5-6-24-14-3-4-16(20)17(10-14)25-15-8-12(11-21)7-13(19)9-15/h2-4,7-10H,1,5-6H2,(H,22,23). The third-order valence-electron chi connectivity index (χ3n) is 2.99. The second kappa shape index (κ2) is 8.97. The van der Waals surface area contributed by atoms with Gasteiger partial charge in [-0.1, -0.05) is 29.8 Å². The summed E-state index contributed by atoms with van der Waals surface area (Å²) in [6.07, 6.45) is 1.19. The quantitative estimate of drug-likeness (QED) is 0.576. The SMILES string of the molecule is C=CC(=O)NCCOc1ccc(Cl)c(Oc2cc(Cl)cc(C#N)c2)c1. The zero-order valence-corrected chi connectivity index (χ0v) is 14.6. The summed E-state index contributed by atoms with van der Waals surface area (Å²) >= 11 is 12.1. The van der Waals surface area contributed by atoms with E-state index in [-0.39, 0.29) is 12.5 Å². The van der Waals surface area contributed by atoms with Gasteiger partial charge in [-0.2, -0.15) is 5.26 Å². The molecule has 0 radical (unpaired) electrons. The molecule has 2 aromatic rings. The van der Waals surface area contributed by atoms with E-state index >= 15 is 0 Å². The molecule has 128 valence electrons. The summed E-state index contributed by atoms with van der Waals surface area (Å²) in [6, 6.07) is 11.6. The van der Waals surface area contributed by atoms with Gasteiger partial charge in [0.05, 0.1) is 23.2 Å². The van der Waals surface area contributed by atoms with Crippen LogP contribution in [-0.2, 0) is 4.79 Å². The van der Waals surface area contributed by atoms with Gasteiger partial charge in [-0.25, -0.2) is 0 Å². The van der Waals surface area contributed by atoms with Crippen molar-refractivity contribution < 1.29 is 14.3 Å². The van der Waals surface area contributed by atoms with Crippen LogP contribution in [0.1, 0.15) is 5.56 Å². The number of nitrogens with zero attached hydrogens (tertiary/aromatic N) is 1. The smallest absolute Gasteiger partial charge is 0.243 e. The highest BCUT2D eigenvalue weighted by molar-refractivity contribution is 6.32. The Kier molecular flexibility index (Phi) is 6.70. The Morgan fingerprint density at radius 1 is 1.24 bits per heavy atom. The van der Waals surface area contributed by atoms with Crippen LogP contribution >= 0.6 is 23.2 Å². The van der Waals surface area contributed by atoms with Crippen LogP contribution in [0.3, 0.4) is 0 Å². The van der Waals surface area contributed by atoms with Crippen LogP contribution in [0.25, 0.3) is 0 Å². The van der Waals surface area contributed by atoms with Gasteiger partial charge < -0.3 is 14.8 Å². The number of ether oxygens (including phenoxy) is 2. The summed E-state index contributed by atoms with van der Waals surface area (Å²) in [7, 11) is 0. The van der Waals surface area contributed by atoms with Crippen LogP contribution in [0.5, 0.6) is 17.2 Å². The van der Waals surface area contributed by atoms with Crippen LogP contribution in [-0.4, -0.2) is 19.1 Å². The predicted molar refractivity (Wildman–Crippen MR) is 96.4 cm³/mol. The van der Waals surface area contributed by atoms with E-state index in [1.54, 1.807) is 30.3 Å². The molecule has 0 atom stereocenters. The summed E-state index contributed by atoms with van der Waals surface area (Å²) < 4.78 is 11.2. The van der Waals surface area contributed by atoms with Gasteiger partial charge in [-0.3, -0.25) is 4.79 Å². The molecule has 1 N–H and O–H groups in total. The fourth-order valence-electron chi connectivity index (χ4n) is 1.88. The maximum absolute atomic E-state index is 11.0. The minimum absolute atomic E-state index is 0.266. The number of amides is 1. The maximum Gasteiger partial charge on any atom is 0.243 e. The lowest BCUT2D eigenvalue weighted by atomic mass is 10.2.